The molecule has 1 aromatic rings. The molecule has 2 aliphatic rings. The molecule has 0 unspecified atom stereocenters. The highest BCUT2D eigenvalue weighted by atomic mass is 19.3. The van der Waals surface area contributed by atoms with Crippen LogP contribution in [-0.4, -0.2) is 6.67 Å². The smallest absolute Gasteiger partial charge is 0.251 e. The lowest BCUT2D eigenvalue weighted by atomic mass is 9.68. The van der Waals surface area contributed by atoms with Gasteiger partial charge in [0.05, 0.1) is 12.2 Å². The molecule has 0 bridgehead atoms. The number of halogens is 4. The number of allylic oxidation sites excluding steroid dienone is 2. The Morgan fingerprint density at radius 1 is 0.926 bits per heavy atom. The van der Waals surface area contributed by atoms with Gasteiger partial charge in [-0.15, -0.1) is 0 Å². The first-order valence-electron chi connectivity index (χ1n) is 10.4. The molecular weight excluding hydrogens is 352 g/mol. The Morgan fingerprint density at radius 3 is 2.11 bits per heavy atom. The molecule has 0 atom stereocenters. The highest BCUT2D eigenvalue weighted by Crippen LogP contribution is 2.44. The van der Waals surface area contributed by atoms with E-state index in [4.69, 9.17) is 0 Å². The number of benzene rings is 1. The Hall–Kier alpha value is -1.32. The lowest BCUT2D eigenvalue weighted by Crippen LogP contribution is -2.25. The molecule has 0 nitrogen and oxygen atoms in total. The summed E-state index contributed by atoms with van der Waals surface area (Å²) in [6, 6.07) is 4.26. The van der Waals surface area contributed by atoms with Crippen molar-refractivity contribution in [3.63, 3.8) is 0 Å². The normalized spacial score (nSPS) is 29.5. The minimum atomic E-state index is -2.75. The van der Waals surface area contributed by atoms with Gasteiger partial charge in [-0.2, -0.15) is 0 Å². The van der Waals surface area contributed by atoms with Crippen LogP contribution in [0.2, 0.25) is 0 Å². The minimum Gasteiger partial charge on any atom is -0.251 e. The molecule has 0 N–H and O–H groups in total. The van der Waals surface area contributed by atoms with E-state index in [1.54, 1.807) is 6.07 Å². The van der Waals surface area contributed by atoms with E-state index in [0.717, 1.165) is 43.1 Å². The first-order valence-corrected chi connectivity index (χ1v) is 10.4. The molecule has 0 radical (unpaired) electrons. The van der Waals surface area contributed by atoms with Crippen molar-refractivity contribution in [2.24, 2.45) is 17.8 Å². The van der Waals surface area contributed by atoms with Crippen LogP contribution in [0.4, 0.5) is 17.6 Å². The van der Waals surface area contributed by atoms with E-state index in [1.807, 2.05) is 6.08 Å². The lowest BCUT2D eigenvalue weighted by Gasteiger charge is -2.37. The third-order valence-corrected chi connectivity index (χ3v) is 6.67. The van der Waals surface area contributed by atoms with Crippen molar-refractivity contribution in [3.05, 3.63) is 47.3 Å². The molecular formula is C23H30F4. The Morgan fingerprint density at radius 2 is 1.56 bits per heavy atom. The zero-order valence-electron chi connectivity index (χ0n) is 15.9. The molecule has 2 aliphatic carbocycles. The van der Waals surface area contributed by atoms with Crippen LogP contribution in [0.1, 0.15) is 81.3 Å². The van der Waals surface area contributed by atoms with Crippen molar-refractivity contribution in [3.8, 4) is 0 Å². The Bertz CT molecular complexity index is 609. The summed E-state index contributed by atoms with van der Waals surface area (Å²) in [6.07, 6.45) is 11.2. The summed E-state index contributed by atoms with van der Waals surface area (Å²) in [5.74, 6) is 1.64. The minimum absolute atomic E-state index is 0.274. The maximum absolute atomic E-state index is 13.9. The van der Waals surface area contributed by atoms with Gasteiger partial charge in [-0.1, -0.05) is 24.3 Å². The van der Waals surface area contributed by atoms with Gasteiger partial charge in [0.1, 0.15) is 5.82 Å². The quantitative estimate of drug-likeness (QED) is 0.348. The maximum Gasteiger partial charge on any atom is 0.266 e. The van der Waals surface area contributed by atoms with Gasteiger partial charge in [-0.3, -0.25) is 4.39 Å². The van der Waals surface area contributed by atoms with Crippen molar-refractivity contribution < 1.29 is 17.6 Å². The topological polar surface area (TPSA) is 0 Å². The number of rotatable bonds is 6. The molecule has 150 valence electrons. The van der Waals surface area contributed by atoms with Gasteiger partial charge in [-0.25, -0.2) is 13.2 Å². The number of alkyl halides is 3. The van der Waals surface area contributed by atoms with Crippen molar-refractivity contribution in [2.45, 2.75) is 70.1 Å². The molecule has 0 saturated heterocycles. The summed E-state index contributed by atoms with van der Waals surface area (Å²) in [6.45, 7) is -0.274. The second kappa shape index (κ2) is 9.75. The highest BCUT2D eigenvalue weighted by molar-refractivity contribution is 5.28. The van der Waals surface area contributed by atoms with Crippen molar-refractivity contribution >= 4 is 0 Å². The van der Waals surface area contributed by atoms with E-state index in [9.17, 15) is 17.6 Å². The average molecular weight is 382 g/mol. The third kappa shape index (κ3) is 5.36. The van der Waals surface area contributed by atoms with Crippen molar-refractivity contribution in [2.75, 3.05) is 6.67 Å². The van der Waals surface area contributed by atoms with E-state index >= 15 is 0 Å². The van der Waals surface area contributed by atoms with E-state index < -0.39 is 17.8 Å². The molecule has 2 fully saturated rings. The van der Waals surface area contributed by atoms with Crippen LogP contribution >= 0.6 is 0 Å². The Labute approximate surface area is 160 Å². The highest BCUT2D eigenvalue weighted by Gasteiger charge is 2.31. The fourth-order valence-electron chi connectivity index (χ4n) is 5.06. The fraction of sp³-hybridized carbons (Fsp3) is 0.652. The van der Waals surface area contributed by atoms with Gasteiger partial charge in [0.2, 0.25) is 0 Å². The molecule has 2 saturated carbocycles. The molecule has 4 heteroatoms. The Balaban J connectivity index is 1.48. The van der Waals surface area contributed by atoms with Crippen LogP contribution < -0.4 is 0 Å². The van der Waals surface area contributed by atoms with Gasteiger partial charge in [0.25, 0.3) is 6.43 Å². The summed E-state index contributed by atoms with van der Waals surface area (Å²) in [5, 5.41) is 0. The molecule has 0 aromatic heterocycles. The molecule has 27 heavy (non-hydrogen) atoms. The van der Waals surface area contributed by atoms with Gasteiger partial charge < -0.3 is 0 Å². The first-order chi connectivity index (χ1) is 13.1. The summed E-state index contributed by atoms with van der Waals surface area (Å²) in [4.78, 5) is 0. The Kier molecular flexibility index (Phi) is 7.37. The fourth-order valence-corrected chi connectivity index (χ4v) is 5.06. The lowest BCUT2D eigenvalue weighted by molar-refractivity contribution is 0.146. The summed E-state index contributed by atoms with van der Waals surface area (Å²) < 4.78 is 51.5. The van der Waals surface area contributed by atoms with Crippen LogP contribution in [0.15, 0.2) is 30.4 Å². The van der Waals surface area contributed by atoms with E-state index in [2.05, 4.69) is 6.08 Å². The van der Waals surface area contributed by atoms with Crippen molar-refractivity contribution in [1.29, 1.82) is 0 Å². The molecule has 0 amide bonds. The molecule has 0 spiro atoms. The second-order valence-electron chi connectivity index (χ2n) is 8.27. The maximum atomic E-state index is 13.9. The predicted octanol–water partition coefficient (Wildman–Crippen LogP) is 7.76. The van der Waals surface area contributed by atoms with E-state index in [1.165, 1.54) is 37.8 Å². The van der Waals surface area contributed by atoms with Crippen molar-refractivity contribution in [1.82, 2.24) is 0 Å². The van der Waals surface area contributed by atoms with Crippen LogP contribution in [0.25, 0.3) is 0 Å². The van der Waals surface area contributed by atoms with Gasteiger partial charge in [-0.05, 0) is 93.1 Å². The largest absolute Gasteiger partial charge is 0.266 e. The molecule has 1 aromatic carbocycles. The van der Waals surface area contributed by atoms with Gasteiger partial charge >= 0.3 is 0 Å². The average Bonchev–Trinajstić information content (AvgIpc) is 2.68. The predicted molar refractivity (Wildman–Crippen MR) is 101 cm³/mol. The molecule has 3 rings (SSSR count). The second-order valence-corrected chi connectivity index (χ2v) is 8.27. The van der Waals surface area contributed by atoms with Gasteiger partial charge in [0, 0.05) is 0 Å². The monoisotopic (exact) mass is 382 g/mol. The number of hydrogen-bond acceptors (Lipinski definition) is 0. The van der Waals surface area contributed by atoms with Crippen LogP contribution in [0, 0.1) is 23.6 Å². The molecule has 0 aliphatic heterocycles. The van der Waals surface area contributed by atoms with Gasteiger partial charge in [0.15, 0.2) is 0 Å². The zero-order valence-corrected chi connectivity index (χ0v) is 15.9. The summed E-state index contributed by atoms with van der Waals surface area (Å²) in [7, 11) is 0. The number of hydrogen-bond donors (Lipinski definition) is 0. The molecule has 0 heterocycles. The zero-order chi connectivity index (χ0) is 19.2. The van der Waals surface area contributed by atoms with Crippen LogP contribution in [0.3, 0.4) is 0 Å². The standard InChI is InChI=1S/C23H30F4/c24-14-2-1-3-16-4-6-17(7-5-16)18-8-10-19(11-9-18)20-12-13-21(23(26)27)22(25)15-20/h1,3,12-13,15-19,23H,2,4-11,14H2. The summed E-state index contributed by atoms with van der Waals surface area (Å²) in [5.41, 5.74) is 0.377. The third-order valence-electron chi connectivity index (χ3n) is 6.67. The van der Waals surface area contributed by atoms with Crippen LogP contribution in [-0.2, 0) is 0 Å². The van der Waals surface area contributed by atoms with E-state index in [-0.39, 0.29) is 6.67 Å². The van der Waals surface area contributed by atoms with Crippen LogP contribution in [0.5, 0.6) is 0 Å². The first kappa shape index (κ1) is 20.4. The van der Waals surface area contributed by atoms with E-state index in [0.29, 0.717) is 18.3 Å². The summed E-state index contributed by atoms with van der Waals surface area (Å²) >= 11 is 0. The SMILES string of the molecule is FCCC=CC1CCC(C2CCC(c3ccc(C(F)F)c(F)c3)CC2)CC1.